The number of rotatable bonds is 4. The molecule has 0 heterocycles. The lowest BCUT2D eigenvalue weighted by atomic mass is 9.95. The molecule has 2 aromatic rings. The van der Waals surface area contributed by atoms with Gasteiger partial charge in [-0.1, -0.05) is 51.3 Å². The van der Waals surface area contributed by atoms with Gasteiger partial charge in [0.2, 0.25) is 0 Å². The van der Waals surface area contributed by atoms with Gasteiger partial charge in [-0.15, -0.1) is 0 Å². The molecular formula is C16H16BrCl2N. The predicted octanol–water partition coefficient (Wildman–Crippen LogP) is 5.57. The zero-order chi connectivity index (χ0) is 14.7. The van der Waals surface area contributed by atoms with Gasteiger partial charge in [0.25, 0.3) is 0 Å². The van der Waals surface area contributed by atoms with Gasteiger partial charge in [0.1, 0.15) is 0 Å². The molecule has 0 amide bonds. The van der Waals surface area contributed by atoms with Gasteiger partial charge in [0.05, 0.1) is 0 Å². The van der Waals surface area contributed by atoms with E-state index in [0.717, 1.165) is 16.5 Å². The Morgan fingerprint density at radius 3 is 2.40 bits per heavy atom. The highest BCUT2D eigenvalue weighted by molar-refractivity contribution is 9.10. The fraction of sp³-hybridized carbons (Fsp3) is 0.250. The van der Waals surface area contributed by atoms with Gasteiger partial charge < -0.3 is 5.32 Å². The Labute approximate surface area is 138 Å². The molecule has 0 aliphatic heterocycles. The summed E-state index contributed by atoms with van der Waals surface area (Å²) in [4.78, 5) is 0. The van der Waals surface area contributed by atoms with E-state index in [9.17, 15) is 0 Å². The number of nitrogens with one attached hydrogen (secondary N) is 1. The van der Waals surface area contributed by atoms with Crippen LogP contribution >= 0.6 is 39.1 Å². The van der Waals surface area contributed by atoms with Crippen LogP contribution in [0, 0.1) is 6.92 Å². The van der Waals surface area contributed by atoms with Gasteiger partial charge in [-0.3, -0.25) is 0 Å². The zero-order valence-corrected chi connectivity index (χ0v) is 14.5. The van der Waals surface area contributed by atoms with E-state index in [2.05, 4.69) is 40.3 Å². The second-order valence-electron chi connectivity index (χ2n) is 4.75. The van der Waals surface area contributed by atoms with Gasteiger partial charge in [0.15, 0.2) is 0 Å². The Morgan fingerprint density at radius 2 is 1.80 bits per heavy atom. The van der Waals surface area contributed by atoms with Crippen LogP contribution in [0.15, 0.2) is 40.9 Å². The first kappa shape index (κ1) is 15.8. The molecular weight excluding hydrogens is 357 g/mol. The first-order valence-corrected chi connectivity index (χ1v) is 7.94. The fourth-order valence-corrected chi connectivity index (χ4v) is 3.22. The molecule has 0 bridgehead atoms. The van der Waals surface area contributed by atoms with E-state index in [1.54, 1.807) is 0 Å². The van der Waals surface area contributed by atoms with E-state index in [-0.39, 0.29) is 6.04 Å². The van der Waals surface area contributed by atoms with Gasteiger partial charge >= 0.3 is 0 Å². The molecule has 0 spiro atoms. The van der Waals surface area contributed by atoms with Crippen LogP contribution in [0.25, 0.3) is 0 Å². The molecule has 1 N–H and O–H groups in total. The number of benzene rings is 2. The van der Waals surface area contributed by atoms with E-state index in [1.165, 1.54) is 11.1 Å². The van der Waals surface area contributed by atoms with Gasteiger partial charge in [-0.2, -0.15) is 0 Å². The Balaban J connectivity index is 2.36. The molecule has 4 heteroatoms. The molecule has 0 aliphatic carbocycles. The van der Waals surface area contributed by atoms with E-state index < -0.39 is 0 Å². The van der Waals surface area contributed by atoms with Crippen LogP contribution in [0.2, 0.25) is 10.0 Å². The molecule has 0 aromatic heterocycles. The highest BCUT2D eigenvalue weighted by Gasteiger charge is 2.16. The minimum atomic E-state index is 0.171. The molecule has 0 saturated heterocycles. The van der Waals surface area contributed by atoms with Crippen molar-refractivity contribution in [2.45, 2.75) is 19.4 Å². The lowest BCUT2D eigenvalue weighted by Crippen LogP contribution is -2.20. The highest BCUT2D eigenvalue weighted by atomic mass is 79.9. The summed E-state index contributed by atoms with van der Waals surface area (Å²) in [6.45, 7) is 2.11. The molecule has 1 nitrogen and oxygen atoms in total. The number of aryl methyl sites for hydroxylation is 1. The Morgan fingerprint density at radius 1 is 1.15 bits per heavy atom. The van der Waals surface area contributed by atoms with Crippen LogP contribution in [0.3, 0.4) is 0 Å². The Hall–Kier alpha value is -0.540. The minimum absolute atomic E-state index is 0.171. The number of hydrogen-bond donors (Lipinski definition) is 1. The minimum Gasteiger partial charge on any atom is -0.313 e. The molecule has 20 heavy (non-hydrogen) atoms. The maximum Gasteiger partial charge on any atom is 0.0453 e. The van der Waals surface area contributed by atoms with Crippen LogP contribution in [-0.4, -0.2) is 7.05 Å². The summed E-state index contributed by atoms with van der Waals surface area (Å²) in [5.74, 6) is 0. The SMILES string of the molecule is CNC(Cc1c(Cl)cccc1Cl)c1cc(Br)ccc1C. The normalized spacial score (nSPS) is 12.4. The monoisotopic (exact) mass is 371 g/mol. The second kappa shape index (κ2) is 6.95. The summed E-state index contributed by atoms with van der Waals surface area (Å²) in [6, 6.07) is 12.1. The summed E-state index contributed by atoms with van der Waals surface area (Å²) in [6.07, 6.45) is 0.756. The van der Waals surface area contributed by atoms with Crippen molar-refractivity contribution in [1.82, 2.24) is 5.32 Å². The molecule has 1 unspecified atom stereocenters. The first-order chi connectivity index (χ1) is 9.52. The van der Waals surface area contributed by atoms with Crippen molar-refractivity contribution < 1.29 is 0 Å². The summed E-state index contributed by atoms with van der Waals surface area (Å²) >= 11 is 16.1. The predicted molar refractivity (Wildman–Crippen MR) is 90.8 cm³/mol. The molecule has 0 saturated carbocycles. The quantitative estimate of drug-likeness (QED) is 0.739. The molecule has 2 aromatic carbocycles. The van der Waals surface area contributed by atoms with Crippen LogP contribution in [-0.2, 0) is 6.42 Å². The van der Waals surface area contributed by atoms with Crippen LogP contribution < -0.4 is 5.32 Å². The van der Waals surface area contributed by atoms with Crippen molar-refractivity contribution >= 4 is 39.1 Å². The molecule has 0 aliphatic rings. The fourth-order valence-electron chi connectivity index (χ4n) is 2.29. The largest absolute Gasteiger partial charge is 0.313 e. The maximum atomic E-state index is 6.27. The summed E-state index contributed by atoms with van der Waals surface area (Å²) in [5.41, 5.74) is 3.48. The average molecular weight is 373 g/mol. The third-order valence-electron chi connectivity index (χ3n) is 3.44. The van der Waals surface area contributed by atoms with E-state index in [0.29, 0.717) is 10.0 Å². The van der Waals surface area contributed by atoms with Crippen molar-refractivity contribution in [3.63, 3.8) is 0 Å². The van der Waals surface area contributed by atoms with Crippen LogP contribution in [0.1, 0.15) is 22.7 Å². The maximum absolute atomic E-state index is 6.27. The number of hydrogen-bond acceptors (Lipinski definition) is 1. The van der Waals surface area contributed by atoms with E-state index in [4.69, 9.17) is 23.2 Å². The third-order valence-corrected chi connectivity index (χ3v) is 4.64. The van der Waals surface area contributed by atoms with Crippen molar-refractivity contribution in [2.75, 3.05) is 7.05 Å². The van der Waals surface area contributed by atoms with Crippen molar-refractivity contribution in [2.24, 2.45) is 0 Å². The highest BCUT2D eigenvalue weighted by Crippen LogP contribution is 2.31. The van der Waals surface area contributed by atoms with E-state index in [1.807, 2.05) is 31.3 Å². The lowest BCUT2D eigenvalue weighted by molar-refractivity contribution is 0.589. The smallest absolute Gasteiger partial charge is 0.0453 e. The summed E-state index contributed by atoms with van der Waals surface area (Å²) < 4.78 is 1.07. The Bertz CT molecular complexity index is 593. The van der Waals surface area contributed by atoms with Gasteiger partial charge in [0, 0.05) is 20.6 Å². The second-order valence-corrected chi connectivity index (χ2v) is 6.48. The topological polar surface area (TPSA) is 12.0 Å². The molecule has 1 atom stereocenters. The van der Waals surface area contributed by atoms with Gasteiger partial charge in [-0.05, 0) is 61.3 Å². The van der Waals surface area contributed by atoms with Crippen LogP contribution in [0.4, 0.5) is 0 Å². The standard InChI is InChI=1S/C16H16BrCl2N/c1-10-6-7-11(17)8-12(10)16(20-2)9-13-14(18)4-3-5-15(13)19/h3-8,16,20H,9H2,1-2H3. The lowest BCUT2D eigenvalue weighted by Gasteiger charge is -2.20. The zero-order valence-electron chi connectivity index (χ0n) is 11.4. The number of halogens is 3. The van der Waals surface area contributed by atoms with Gasteiger partial charge in [-0.25, -0.2) is 0 Å². The molecule has 106 valence electrons. The summed E-state index contributed by atoms with van der Waals surface area (Å²) in [7, 11) is 1.95. The Kier molecular flexibility index (Phi) is 5.50. The van der Waals surface area contributed by atoms with Crippen molar-refractivity contribution in [3.05, 3.63) is 67.6 Å². The molecule has 0 fully saturated rings. The number of likely N-dealkylation sites (N-methyl/N-ethyl adjacent to an activating group) is 1. The van der Waals surface area contributed by atoms with E-state index >= 15 is 0 Å². The average Bonchev–Trinajstić information content (AvgIpc) is 2.42. The molecule has 0 radical (unpaired) electrons. The third kappa shape index (κ3) is 3.56. The van der Waals surface area contributed by atoms with Crippen molar-refractivity contribution in [3.8, 4) is 0 Å². The van der Waals surface area contributed by atoms with Crippen molar-refractivity contribution in [1.29, 1.82) is 0 Å². The molecule has 2 rings (SSSR count). The summed E-state index contributed by atoms with van der Waals surface area (Å²) in [5, 5.41) is 4.78. The van der Waals surface area contributed by atoms with Crippen LogP contribution in [0.5, 0.6) is 0 Å². The first-order valence-electron chi connectivity index (χ1n) is 6.39.